The van der Waals surface area contributed by atoms with Crippen molar-refractivity contribution >= 4 is 27.7 Å². The van der Waals surface area contributed by atoms with E-state index >= 15 is 0 Å². The Bertz CT molecular complexity index is 1010. The largest absolute Gasteiger partial charge is 0.346 e. The number of hydrogen-bond acceptors (Lipinski definition) is 5. The molecule has 0 saturated carbocycles. The molecule has 1 aromatic heterocycles. The topological polar surface area (TPSA) is 109 Å². The molecule has 0 fully saturated rings. The van der Waals surface area contributed by atoms with Crippen molar-refractivity contribution in [1.29, 1.82) is 0 Å². The normalized spacial score (nSPS) is 11.7. The van der Waals surface area contributed by atoms with Crippen LogP contribution in [0.1, 0.15) is 34.1 Å². The predicted molar refractivity (Wildman–Crippen MR) is 109 cm³/mol. The molecule has 0 bridgehead atoms. The zero-order valence-corrected chi connectivity index (χ0v) is 17.3. The first-order valence-corrected chi connectivity index (χ1v) is 9.85. The Morgan fingerprint density at radius 1 is 1.13 bits per heavy atom. The average molecular weight is 476 g/mol. The van der Waals surface area contributed by atoms with Crippen LogP contribution in [0.3, 0.4) is 0 Å². The monoisotopic (exact) mass is 475 g/mol. The Hall–Kier alpha value is -3.11. The van der Waals surface area contributed by atoms with Crippen LogP contribution >= 0.6 is 15.9 Å². The number of carbonyl (C=O) groups excluding carboxylic acids is 2. The lowest BCUT2D eigenvalue weighted by molar-refractivity contribution is -0.130. The summed E-state index contributed by atoms with van der Waals surface area (Å²) in [6.07, 6.45) is 2.13. The molecule has 1 atom stereocenters. The first-order valence-electron chi connectivity index (χ1n) is 9.06. The lowest BCUT2D eigenvalue weighted by Gasteiger charge is -2.16. The third-order valence-corrected chi connectivity index (χ3v) is 4.93. The molecule has 3 N–H and O–H groups in total. The summed E-state index contributed by atoms with van der Waals surface area (Å²) in [5.41, 5.74) is 3.45. The van der Waals surface area contributed by atoms with Crippen molar-refractivity contribution in [1.82, 2.24) is 25.8 Å². The minimum atomic E-state index is -0.543. The first-order chi connectivity index (χ1) is 14.4. The highest BCUT2D eigenvalue weighted by molar-refractivity contribution is 9.10. The number of amides is 2. The minimum absolute atomic E-state index is 0.00268. The maximum atomic E-state index is 13.0. The van der Waals surface area contributed by atoms with E-state index < -0.39 is 11.7 Å². The summed E-state index contributed by atoms with van der Waals surface area (Å²) in [5, 5.41) is 19.7. The second-order valence-electron chi connectivity index (χ2n) is 6.60. The smallest absolute Gasteiger partial charge is 0.251 e. The van der Waals surface area contributed by atoms with Gasteiger partial charge >= 0.3 is 0 Å². The van der Waals surface area contributed by atoms with Gasteiger partial charge in [0.1, 0.15) is 11.5 Å². The van der Waals surface area contributed by atoms with E-state index in [-0.39, 0.29) is 24.9 Å². The summed E-state index contributed by atoms with van der Waals surface area (Å²) in [7, 11) is 0. The Morgan fingerprint density at radius 2 is 1.83 bits per heavy atom. The van der Waals surface area contributed by atoms with Gasteiger partial charge in [-0.3, -0.25) is 14.8 Å². The van der Waals surface area contributed by atoms with Crippen molar-refractivity contribution in [3.63, 3.8) is 0 Å². The van der Waals surface area contributed by atoms with Crippen molar-refractivity contribution < 1.29 is 19.2 Å². The van der Waals surface area contributed by atoms with Gasteiger partial charge in [0.25, 0.3) is 5.91 Å². The molecule has 0 aliphatic rings. The number of halogens is 2. The summed E-state index contributed by atoms with van der Waals surface area (Å²) in [5.74, 6) is -1.33. The summed E-state index contributed by atoms with van der Waals surface area (Å²) in [4.78, 5) is 23.9. The standard InChI is InChI=1S/C20H19BrFN5O3/c21-15-5-1-13(2-6-15)9-18(10-19(28)25-30)27-12-17(24-26-27)11-23-20(29)14-3-7-16(22)8-4-14/h1-8,12,18,30H,9-11H2,(H,23,29)(H,25,28)/t18-/m1/s1. The van der Waals surface area contributed by atoms with E-state index in [0.717, 1.165) is 10.0 Å². The molecule has 0 radical (unpaired) electrons. The molecule has 3 aromatic rings. The second-order valence-corrected chi connectivity index (χ2v) is 7.52. The van der Waals surface area contributed by atoms with Gasteiger partial charge < -0.3 is 5.32 Å². The highest BCUT2D eigenvalue weighted by Gasteiger charge is 2.18. The molecule has 10 heteroatoms. The van der Waals surface area contributed by atoms with Crippen LogP contribution in [0.4, 0.5) is 4.39 Å². The number of hydroxylamine groups is 1. The van der Waals surface area contributed by atoms with Gasteiger partial charge in [-0.05, 0) is 48.4 Å². The lowest BCUT2D eigenvalue weighted by atomic mass is 10.0. The average Bonchev–Trinajstić information content (AvgIpc) is 3.22. The summed E-state index contributed by atoms with van der Waals surface area (Å²) in [6.45, 7) is 0.118. The summed E-state index contributed by atoms with van der Waals surface area (Å²) in [6, 6.07) is 12.5. The molecule has 1 heterocycles. The van der Waals surface area contributed by atoms with E-state index in [9.17, 15) is 14.0 Å². The van der Waals surface area contributed by atoms with E-state index in [1.807, 2.05) is 24.3 Å². The predicted octanol–water partition coefficient (Wildman–Crippen LogP) is 2.79. The SMILES string of the molecule is O=C(C[C@@H](Cc1ccc(Br)cc1)n1cc(CNC(=O)c2ccc(F)cc2)nn1)NO. The fourth-order valence-corrected chi connectivity index (χ4v) is 3.12. The van der Waals surface area contributed by atoms with Crippen molar-refractivity contribution in [2.24, 2.45) is 0 Å². The van der Waals surface area contributed by atoms with Gasteiger partial charge in [0.05, 0.1) is 25.2 Å². The van der Waals surface area contributed by atoms with Gasteiger partial charge in [-0.25, -0.2) is 14.6 Å². The molecule has 156 valence electrons. The van der Waals surface area contributed by atoms with Crippen LogP contribution in [0, 0.1) is 5.82 Å². The van der Waals surface area contributed by atoms with Gasteiger partial charge in [-0.1, -0.05) is 33.3 Å². The van der Waals surface area contributed by atoms with E-state index in [4.69, 9.17) is 5.21 Å². The fraction of sp³-hybridized carbons (Fsp3) is 0.200. The van der Waals surface area contributed by atoms with Crippen molar-refractivity contribution in [2.45, 2.75) is 25.4 Å². The molecule has 0 saturated heterocycles. The molecule has 0 unspecified atom stereocenters. The van der Waals surface area contributed by atoms with Crippen LogP contribution in [-0.4, -0.2) is 32.0 Å². The summed E-state index contributed by atoms with van der Waals surface area (Å²) < 4.78 is 15.5. The number of hydrogen-bond donors (Lipinski definition) is 3. The van der Waals surface area contributed by atoms with E-state index in [0.29, 0.717) is 17.7 Å². The van der Waals surface area contributed by atoms with Gasteiger partial charge in [-0.2, -0.15) is 0 Å². The van der Waals surface area contributed by atoms with Crippen LogP contribution in [0.25, 0.3) is 0 Å². The maximum Gasteiger partial charge on any atom is 0.251 e. The maximum absolute atomic E-state index is 13.0. The third kappa shape index (κ3) is 5.94. The molecule has 30 heavy (non-hydrogen) atoms. The van der Waals surface area contributed by atoms with Gasteiger partial charge in [0, 0.05) is 10.0 Å². The number of benzene rings is 2. The third-order valence-electron chi connectivity index (χ3n) is 4.40. The zero-order chi connectivity index (χ0) is 21.5. The van der Waals surface area contributed by atoms with Gasteiger partial charge in [-0.15, -0.1) is 5.10 Å². The Kier molecular flexibility index (Phi) is 7.26. The minimum Gasteiger partial charge on any atom is -0.346 e. The zero-order valence-electron chi connectivity index (χ0n) is 15.8. The first kappa shape index (κ1) is 21.6. The molecule has 0 spiro atoms. The molecule has 0 aliphatic heterocycles. The molecule has 8 nitrogen and oxygen atoms in total. The quantitative estimate of drug-likeness (QED) is 0.342. The number of nitrogens with zero attached hydrogens (tertiary/aromatic N) is 3. The lowest BCUT2D eigenvalue weighted by Crippen LogP contribution is -2.25. The van der Waals surface area contributed by atoms with Crippen LogP contribution in [0.2, 0.25) is 0 Å². The highest BCUT2D eigenvalue weighted by Crippen LogP contribution is 2.19. The van der Waals surface area contributed by atoms with Crippen LogP contribution in [-0.2, 0) is 17.8 Å². The molecular weight excluding hydrogens is 457 g/mol. The number of aromatic nitrogens is 3. The summed E-state index contributed by atoms with van der Waals surface area (Å²) >= 11 is 3.38. The molecule has 0 aliphatic carbocycles. The van der Waals surface area contributed by atoms with Crippen LogP contribution in [0.15, 0.2) is 59.2 Å². The number of carbonyl (C=O) groups is 2. The van der Waals surface area contributed by atoms with Gasteiger partial charge in [0.15, 0.2) is 0 Å². The van der Waals surface area contributed by atoms with Crippen molar-refractivity contribution in [3.05, 3.63) is 81.8 Å². The van der Waals surface area contributed by atoms with Crippen LogP contribution < -0.4 is 10.8 Å². The van der Waals surface area contributed by atoms with Gasteiger partial charge in [0.2, 0.25) is 5.91 Å². The van der Waals surface area contributed by atoms with Crippen molar-refractivity contribution in [2.75, 3.05) is 0 Å². The Balaban J connectivity index is 1.67. The van der Waals surface area contributed by atoms with E-state index in [1.165, 1.54) is 28.9 Å². The van der Waals surface area contributed by atoms with E-state index in [1.54, 1.807) is 11.7 Å². The van der Waals surface area contributed by atoms with E-state index in [2.05, 4.69) is 31.6 Å². The second kappa shape index (κ2) is 10.1. The molecule has 3 rings (SSSR count). The highest BCUT2D eigenvalue weighted by atomic mass is 79.9. The molecule has 2 amide bonds. The van der Waals surface area contributed by atoms with Crippen LogP contribution in [0.5, 0.6) is 0 Å². The Labute approximate surface area is 180 Å². The number of rotatable bonds is 8. The Morgan fingerprint density at radius 3 is 2.50 bits per heavy atom. The van der Waals surface area contributed by atoms with Crippen molar-refractivity contribution in [3.8, 4) is 0 Å². The number of nitrogens with one attached hydrogen (secondary N) is 2. The molecular formula is C20H19BrFN5O3. The fourth-order valence-electron chi connectivity index (χ4n) is 2.86. The molecule has 2 aromatic carbocycles.